The predicted molar refractivity (Wildman–Crippen MR) is 103 cm³/mol. The van der Waals surface area contributed by atoms with E-state index in [0.29, 0.717) is 12.3 Å². The van der Waals surface area contributed by atoms with Gasteiger partial charge in [-0.25, -0.2) is 0 Å². The molecule has 0 saturated carbocycles. The van der Waals surface area contributed by atoms with Crippen LogP contribution in [0.3, 0.4) is 0 Å². The van der Waals surface area contributed by atoms with Crippen LogP contribution in [0.4, 0.5) is 0 Å². The number of carbonyl (C=O) groups excluding carboxylic acids is 1. The fourth-order valence-corrected chi connectivity index (χ4v) is 2.91. The number of carbonyl (C=O) groups is 1. The van der Waals surface area contributed by atoms with Crippen LogP contribution in [0.25, 0.3) is 0 Å². The van der Waals surface area contributed by atoms with Gasteiger partial charge in [-0.05, 0) is 31.8 Å². The highest BCUT2D eigenvalue weighted by Gasteiger charge is 2.23. The molecule has 0 bridgehead atoms. The second-order valence-corrected chi connectivity index (χ2v) is 5.63. The first-order valence-corrected chi connectivity index (χ1v) is 8.06. The number of hydrogen-bond acceptors (Lipinski definition) is 3. The SMILES string of the molecule is CCN(CC)CCNC(=NC)N1CCCC(CC(N)=O)C1.I. The van der Waals surface area contributed by atoms with E-state index < -0.39 is 0 Å². The highest BCUT2D eigenvalue weighted by atomic mass is 127. The molecule has 1 saturated heterocycles. The van der Waals surface area contributed by atoms with Crippen molar-refractivity contribution in [2.24, 2.45) is 16.6 Å². The maximum atomic E-state index is 11.1. The Morgan fingerprint density at radius 1 is 1.41 bits per heavy atom. The Morgan fingerprint density at radius 2 is 2.09 bits per heavy atom. The van der Waals surface area contributed by atoms with Gasteiger partial charge in [0.15, 0.2) is 5.96 Å². The van der Waals surface area contributed by atoms with Crippen molar-refractivity contribution in [2.45, 2.75) is 33.1 Å². The zero-order valence-electron chi connectivity index (χ0n) is 14.2. The second kappa shape index (κ2) is 11.9. The average Bonchev–Trinajstić information content (AvgIpc) is 2.47. The largest absolute Gasteiger partial charge is 0.370 e. The molecule has 7 heteroatoms. The first kappa shape index (κ1) is 21.4. The third kappa shape index (κ3) is 7.62. The monoisotopic (exact) mass is 425 g/mol. The van der Waals surface area contributed by atoms with E-state index >= 15 is 0 Å². The van der Waals surface area contributed by atoms with Crippen LogP contribution >= 0.6 is 24.0 Å². The molecule has 1 atom stereocenters. The minimum Gasteiger partial charge on any atom is -0.370 e. The number of halogens is 1. The van der Waals surface area contributed by atoms with E-state index in [9.17, 15) is 4.79 Å². The van der Waals surface area contributed by atoms with E-state index in [1.165, 1.54) is 0 Å². The lowest BCUT2D eigenvalue weighted by Crippen LogP contribution is -2.48. The summed E-state index contributed by atoms with van der Waals surface area (Å²) in [4.78, 5) is 20.1. The van der Waals surface area contributed by atoms with Gasteiger partial charge in [-0.15, -0.1) is 24.0 Å². The number of aliphatic imine (C=N–C) groups is 1. The van der Waals surface area contributed by atoms with E-state index in [-0.39, 0.29) is 29.9 Å². The van der Waals surface area contributed by atoms with Crippen LogP contribution in [0.5, 0.6) is 0 Å². The number of likely N-dealkylation sites (N-methyl/N-ethyl adjacent to an activating group) is 1. The number of likely N-dealkylation sites (tertiary alicyclic amines) is 1. The molecule has 1 unspecified atom stereocenters. The van der Waals surface area contributed by atoms with Crippen molar-refractivity contribution in [2.75, 3.05) is 46.3 Å². The second-order valence-electron chi connectivity index (χ2n) is 5.63. The van der Waals surface area contributed by atoms with Crippen molar-refractivity contribution in [3.05, 3.63) is 0 Å². The Morgan fingerprint density at radius 3 is 2.64 bits per heavy atom. The smallest absolute Gasteiger partial charge is 0.217 e. The summed E-state index contributed by atoms with van der Waals surface area (Å²) in [6.07, 6.45) is 2.65. The van der Waals surface area contributed by atoms with Crippen LogP contribution in [0, 0.1) is 5.92 Å². The number of nitrogens with one attached hydrogen (secondary N) is 1. The van der Waals surface area contributed by atoms with Crippen LogP contribution < -0.4 is 11.1 Å². The van der Waals surface area contributed by atoms with Gasteiger partial charge in [0, 0.05) is 39.6 Å². The highest BCUT2D eigenvalue weighted by Crippen LogP contribution is 2.19. The Balaban J connectivity index is 0.00000441. The molecule has 22 heavy (non-hydrogen) atoms. The number of primary amides is 1. The molecule has 1 amide bonds. The van der Waals surface area contributed by atoms with Crippen molar-refractivity contribution in [3.8, 4) is 0 Å². The van der Waals surface area contributed by atoms with Crippen LogP contribution in [0.15, 0.2) is 4.99 Å². The molecule has 6 nitrogen and oxygen atoms in total. The molecule has 0 radical (unpaired) electrons. The molecule has 0 aliphatic carbocycles. The molecular formula is C15H32IN5O. The molecule has 0 spiro atoms. The molecule has 1 fully saturated rings. The van der Waals surface area contributed by atoms with E-state index in [0.717, 1.165) is 58.1 Å². The summed E-state index contributed by atoms with van der Waals surface area (Å²) in [6, 6.07) is 0. The lowest BCUT2D eigenvalue weighted by atomic mass is 9.95. The van der Waals surface area contributed by atoms with Crippen LogP contribution in [0.1, 0.15) is 33.1 Å². The van der Waals surface area contributed by atoms with Gasteiger partial charge in [0.05, 0.1) is 0 Å². The number of nitrogens with zero attached hydrogens (tertiary/aromatic N) is 3. The molecule has 0 aromatic rings. The molecular weight excluding hydrogens is 393 g/mol. The highest BCUT2D eigenvalue weighted by molar-refractivity contribution is 14.0. The summed E-state index contributed by atoms with van der Waals surface area (Å²) in [5.41, 5.74) is 5.31. The topological polar surface area (TPSA) is 74.0 Å². The zero-order valence-corrected chi connectivity index (χ0v) is 16.5. The Kier molecular flexibility index (Phi) is 11.6. The number of amides is 1. The summed E-state index contributed by atoms with van der Waals surface area (Å²) >= 11 is 0. The van der Waals surface area contributed by atoms with Crippen molar-refractivity contribution in [1.82, 2.24) is 15.1 Å². The van der Waals surface area contributed by atoms with Gasteiger partial charge in [0.1, 0.15) is 0 Å². The fraction of sp³-hybridized carbons (Fsp3) is 0.867. The molecule has 0 aromatic heterocycles. The molecule has 1 rings (SSSR count). The van der Waals surface area contributed by atoms with Crippen molar-refractivity contribution in [1.29, 1.82) is 0 Å². The minimum absolute atomic E-state index is 0. The van der Waals surface area contributed by atoms with Gasteiger partial charge in [-0.3, -0.25) is 9.79 Å². The van der Waals surface area contributed by atoms with Gasteiger partial charge in [0.2, 0.25) is 5.91 Å². The van der Waals surface area contributed by atoms with Gasteiger partial charge >= 0.3 is 0 Å². The molecule has 1 aliphatic heterocycles. The average molecular weight is 425 g/mol. The van der Waals surface area contributed by atoms with Crippen LogP contribution in [-0.4, -0.2) is 68.0 Å². The van der Waals surface area contributed by atoms with Crippen LogP contribution in [-0.2, 0) is 4.79 Å². The van der Waals surface area contributed by atoms with Gasteiger partial charge in [-0.2, -0.15) is 0 Å². The summed E-state index contributed by atoms with van der Waals surface area (Å²) in [7, 11) is 1.82. The van der Waals surface area contributed by atoms with E-state index in [1.54, 1.807) is 0 Å². The minimum atomic E-state index is -0.202. The lowest BCUT2D eigenvalue weighted by Gasteiger charge is -2.35. The Labute approximate surface area is 151 Å². The van der Waals surface area contributed by atoms with Crippen LogP contribution in [0.2, 0.25) is 0 Å². The third-order valence-corrected chi connectivity index (χ3v) is 4.13. The van der Waals surface area contributed by atoms with E-state index in [2.05, 4.69) is 34.0 Å². The number of piperidine rings is 1. The Hall–Kier alpha value is -0.570. The third-order valence-electron chi connectivity index (χ3n) is 4.13. The molecule has 1 heterocycles. The summed E-state index contributed by atoms with van der Waals surface area (Å²) in [5.74, 6) is 1.10. The van der Waals surface area contributed by atoms with E-state index in [4.69, 9.17) is 5.73 Å². The molecule has 3 N–H and O–H groups in total. The molecule has 0 aromatic carbocycles. The standard InChI is InChI=1S/C15H31N5O.HI/c1-4-19(5-2)10-8-18-15(17-3)20-9-6-7-13(12-20)11-14(16)21;/h13H,4-12H2,1-3H3,(H2,16,21)(H,17,18);1H. The first-order chi connectivity index (χ1) is 10.1. The normalized spacial score (nSPS) is 19.0. The number of guanidine groups is 1. The summed E-state index contributed by atoms with van der Waals surface area (Å²) in [6.45, 7) is 10.3. The number of nitrogens with two attached hydrogens (primary N) is 1. The van der Waals surface area contributed by atoms with Gasteiger partial charge in [0.25, 0.3) is 0 Å². The molecule has 130 valence electrons. The quantitative estimate of drug-likeness (QED) is 0.364. The maximum Gasteiger partial charge on any atom is 0.217 e. The summed E-state index contributed by atoms with van der Waals surface area (Å²) < 4.78 is 0. The first-order valence-electron chi connectivity index (χ1n) is 8.06. The number of hydrogen-bond donors (Lipinski definition) is 2. The lowest BCUT2D eigenvalue weighted by molar-refractivity contribution is -0.119. The Bertz CT molecular complexity index is 347. The van der Waals surface area contributed by atoms with Crippen molar-refractivity contribution < 1.29 is 4.79 Å². The number of rotatable bonds is 7. The zero-order chi connectivity index (χ0) is 15.7. The van der Waals surface area contributed by atoms with Gasteiger partial charge < -0.3 is 20.9 Å². The summed E-state index contributed by atoms with van der Waals surface area (Å²) in [5, 5.41) is 3.43. The van der Waals surface area contributed by atoms with Crippen molar-refractivity contribution >= 4 is 35.8 Å². The predicted octanol–water partition coefficient (Wildman–Crippen LogP) is 1.11. The maximum absolute atomic E-state index is 11.1. The fourth-order valence-electron chi connectivity index (χ4n) is 2.91. The van der Waals surface area contributed by atoms with Gasteiger partial charge in [-0.1, -0.05) is 13.8 Å². The van der Waals surface area contributed by atoms with E-state index in [1.807, 2.05) is 7.05 Å². The van der Waals surface area contributed by atoms with Crippen molar-refractivity contribution in [3.63, 3.8) is 0 Å². The molecule has 1 aliphatic rings.